The van der Waals surface area contributed by atoms with Gasteiger partial charge in [-0.05, 0) is 35.8 Å². The van der Waals surface area contributed by atoms with Gasteiger partial charge in [-0.1, -0.05) is 19.4 Å². The maximum absolute atomic E-state index is 5.18. The number of unbranched alkanes of at least 4 members (excludes halogenated alkanes) is 1. The standard InChI is InChI=1S/C11H17OP/c1-3-4-5-9-8-10(12-2)6-7-11(9)13/h6-8H,3-5,13H2,1-2H3. The molecule has 1 unspecified atom stereocenters. The number of benzene rings is 1. The predicted molar refractivity (Wildman–Crippen MR) is 61.0 cm³/mol. The zero-order valence-electron chi connectivity index (χ0n) is 8.34. The fraction of sp³-hybridized carbons (Fsp3) is 0.455. The fourth-order valence-electron chi connectivity index (χ4n) is 1.29. The summed E-state index contributed by atoms with van der Waals surface area (Å²) in [6.07, 6.45) is 3.63. The van der Waals surface area contributed by atoms with Gasteiger partial charge in [-0.2, -0.15) is 0 Å². The minimum Gasteiger partial charge on any atom is -0.497 e. The van der Waals surface area contributed by atoms with Gasteiger partial charge >= 0.3 is 0 Å². The molecule has 1 aromatic rings. The predicted octanol–water partition coefficient (Wildman–Crippen LogP) is 2.54. The van der Waals surface area contributed by atoms with Gasteiger partial charge in [0, 0.05) is 0 Å². The first-order valence-electron chi connectivity index (χ1n) is 4.70. The van der Waals surface area contributed by atoms with E-state index in [-0.39, 0.29) is 0 Å². The molecule has 0 aliphatic heterocycles. The molecule has 0 N–H and O–H groups in total. The second kappa shape index (κ2) is 5.24. The summed E-state index contributed by atoms with van der Waals surface area (Å²) >= 11 is 0. The molecule has 13 heavy (non-hydrogen) atoms. The zero-order chi connectivity index (χ0) is 9.68. The Kier molecular flexibility index (Phi) is 4.24. The summed E-state index contributed by atoms with van der Waals surface area (Å²) in [4.78, 5) is 0. The highest BCUT2D eigenvalue weighted by atomic mass is 31.0. The molecule has 1 nitrogen and oxygen atoms in total. The van der Waals surface area contributed by atoms with E-state index < -0.39 is 0 Å². The molecule has 0 aliphatic carbocycles. The second-order valence-corrected chi connectivity index (χ2v) is 3.79. The van der Waals surface area contributed by atoms with E-state index in [4.69, 9.17) is 4.74 Å². The Morgan fingerprint density at radius 1 is 1.38 bits per heavy atom. The number of rotatable bonds is 4. The molecule has 2 heteroatoms. The first-order valence-corrected chi connectivity index (χ1v) is 5.28. The molecule has 0 radical (unpaired) electrons. The van der Waals surface area contributed by atoms with Crippen LogP contribution in [-0.4, -0.2) is 7.11 Å². The molecule has 0 aromatic heterocycles. The van der Waals surface area contributed by atoms with E-state index in [1.807, 2.05) is 6.07 Å². The van der Waals surface area contributed by atoms with Crippen LogP contribution in [0.15, 0.2) is 18.2 Å². The van der Waals surface area contributed by atoms with E-state index in [0.29, 0.717) is 0 Å². The molecule has 0 fully saturated rings. The van der Waals surface area contributed by atoms with Crippen molar-refractivity contribution in [1.82, 2.24) is 0 Å². The molecule has 0 bridgehead atoms. The minimum atomic E-state index is 0.956. The van der Waals surface area contributed by atoms with Gasteiger partial charge in [0.15, 0.2) is 0 Å². The maximum atomic E-state index is 5.18. The van der Waals surface area contributed by atoms with Gasteiger partial charge in [0.25, 0.3) is 0 Å². The van der Waals surface area contributed by atoms with E-state index in [1.54, 1.807) is 7.11 Å². The zero-order valence-corrected chi connectivity index (χ0v) is 9.49. The SMILES string of the molecule is CCCCc1cc(OC)ccc1P. The molecule has 72 valence electrons. The van der Waals surface area contributed by atoms with Crippen LogP contribution in [0.2, 0.25) is 0 Å². The molecule has 0 saturated carbocycles. The number of hydrogen-bond donors (Lipinski definition) is 0. The third-order valence-corrected chi connectivity index (χ3v) is 2.71. The van der Waals surface area contributed by atoms with E-state index >= 15 is 0 Å². The first kappa shape index (κ1) is 10.5. The largest absolute Gasteiger partial charge is 0.497 e. The Bertz CT molecular complexity index is 271. The van der Waals surface area contributed by atoms with Crippen molar-refractivity contribution in [2.75, 3.05) is 7.11 Å². The van der Waals surface area contributed by atoms with Gasteiger partial charge in [-0.15, -0.1) is 9.24 Å². The van der Waals surface area contributed by atoms with Crippen LogP contribution in [0.5, 0.6) is 5.75 Å². The highest BCUT2D eigenvalue weighted by Gasteiger charge is 1.99. The van der Waals surface area contributed by atoms with Crippen molar-refractivity contribution < 1.29 is 4.74 Å². The number of methoxy groups -OCH3 is 1. The van der Waals surface area contributed by atoms with E-state index in [9.17, 15) is 0 Å². The van der Waals surface area contributed by atoms with Gasteiger partial charge in [0.1, 0.15) is 5.75 Å². The van der Waals surface area contributed by atoms with Crippen LogP contribution in [0, 0.1) is 0 Å². The van der Waals surface area contributed by atoms with Crippen LogP contribution in [0.3, 0.4) is 0 Å². The smallest absolute Gasteiger partial charge is 0.119 e. The Balaban J connectivity index is 2.78. The number of hydrogen-bond acceptors (Lipinski definition) is 1. The molecule has 0 aliphatic rings. The number of ether oxygens (including phenoxy) is 1. The normalized spacial score (nSPS) is 10.1. The molecule has 1 aromatic carbocycles. The molecule has 1 atom stereocenters. The van der Waals surface area contributed by atoms with Crippen molar-refractivity contribution in [2.45, 2.75) is 26.2 Å². The summed E-state index contributed by atoms with van der Waals surface area (Å²) in [5, 5.41) is 1.29. The lowest BCUT2D eigenvalue weighted by atomic mass is 10.1. The average molecular weight is 196 g/mol. The monoisotopic (exact) mass is 196 g/mol. The Hall–Kier alpha value is -0.550. The molecule has 0 amide bonds. The Labute approximate surface area is 82.7 Å². The Morgan fingerprint density at radius 3 is 2.77 bits per heavy atom. The molecule has 0 heterocycles. The van der Waals surface area contributed by atoms with Crippen LogP contribution in [-0.2, 0) is 6.42 Å². The highest BCUT2D eigenvalue weighted by molar-refractivity contribution is 7.27. The van der Waals surface area contributed by atoms with Gasteiger partial charge in [0.2, 0.25) is 0 Å². The Morgan fingerprint density at radius 2 is 2.15 bits per heavy atom. The topological polar surface area (TPSA) is 9.23 Å². The summed E-state index contributed by atoms with van der Waals surface area (Å²) in [6, 6.07) is 6.21. The molecule has 0 spiro atoms. The van der Waals surface area contributed by atoms with Crippen LogP contribution >= 0.6 is 9.24 Å². The van der Waals surface area contributed by atoms with Crippen LogP contribution < -0.4 is 10.0 Å². The van der Waals surface area contributed by atoms with Crippen molar-refractivity contribution in [1.29, 1.82) is 0 Å². The van der Waals surface area contributed by atoms with Crippen molar-refractivity contribution >= 4 is 14.5 Å². The summed E-state index contributed by atoms with van der Waals surface area (Å²) < 4.78 is 5.18. The van der Waals surface area contributed by atoms with E-state index in [2.05, 4.69) is 28.3 Å². The molecule has 1 rings (SSSR count). The third-order valence-electron chi connectivity index (χ3n) is 2.15. The van der Waals surface area contributed by atoms with Gasteiger partial charge in [-0.3, -0.25) is 0 Å². The van der Waals surface area contributed by atoms with Crippen LogP contribution in [0.25, 0.3) is 0 Å². The van der Waals surface area contributed by atoms with Crippen LogP contribution in [0.4, 0.5) is 0 Å². The molecular weight excluding hydrogens is 179 g/mol. The fourth-order valence-corrected chi connectivity index (χ4v) is 1.62. The van der Waals surface area contributed by atoms with Crippen molar-refractivity contribution in [3.63, 3.8) is 0 Å². The summed E-state index contributed by atoms with van der Waals surface area (Å²) in [6.45, 7) is 2.21. The first-order chi connectivity index (χ1) is 6.27. The van der Waals surface area contributed by atoms with Gasteiger partial charge in [-0.25, -0.2) is 0 Å². The quantitative estimate of drug-likeness (QED) is 0.672. The van der Waals surface area contributed by atoms with E-state index in [0.717, 1.165) is 12.2 Å². The summed E-state index contributed by atoms with van der Waals surface area (Å²) in [5.41, 5.74) is 1.38. The summed E-state index contributed by atoms with van der Waals surface area (Å²) in [5.74, 6) is 0.956. The minimum absolute atomic E-state index is 0.956. The van der Waals surface area contributed by atoms with Crippen molar-refractivity contribution in [3.8, 4) is 5.75 Å². The maximum Gasteiger partial charge on any atom is 0.119 e. The number of aryl methyl sites for hydroxylation is 1. The van der Waals surface area contributed by atoms with Gasteiger partial charge in [0.05, 0.1) is 7.11 Å². The van der Waals surface area contributed by atoms with Gasteiger partial charge < -0.3 is 4.74 Å². The van der Waals surface area contributed by atoms with E-state index in [1.165, 1.54) is 23.7 Å². The lowest BCUT2D eigenvalue weighted by Gasteiger charge is -2.07. The lowest BCUT2D eigenvalue weighted by molar-refractivity contribution is 0.414. The van der Waals surface area contributed by atoms with Crippen molar-refractivity contribution in [3.05, 3.63) is 23.8 Å². The average Bonchev–Trinajstić information content (AvgIpc) is 2.17. The van der Waals surface area contributed by atoms with Crippen molar-refractivity contribution in [2.24, 2.45) is 0 Å². The highest BCUT2D eigenvalue weighted by Crippen LogP contribution is 2.14. The molecule has 0 saturated heterocycles. The lowest BCUT2D eigenvalue weighted by Crippen LogP contribution is -2.01. The third kappa shape index (κ3) is 3.00. The molecular formula is C11H17OP. The van der Waals surface area contributed by atoms with Crippen LogP contribution in [0.1, 0.15) is 25.3 Å². The summed E-state index contributed by atoms with van der Waals surface area (Å²) in [7, 11) is 4.48. The second-order valence-electron chi connectivity index (χ2n) is 3.17.